The molecular formula is C25H41NOS. The molecule has 158 valence electrons. The van der Waals surface area contributed by atoms with E-state index < -0.39 is 0 Å². The van der Waals surface area contributed by atoms with Crippen molar-refractivity contribution in [3.63, 3.8) is 0 Å². The van der Waals surface area contributed by atoms with Crippen LogP contribution in [0.2, 0.25) is 0 Å². The number of carbonyl (C=O) groups is 1. The second-order valence-electron chi connectivity index (χ2n) is 7.45. The quantitative estimate of drug-likeness (QED) is 0.262. The topological polar surface area (TPSA) is 20.3 Å². The van der Waals surface area contributed by atoms with Crippen LogP contribution in [0.25, 0.3) is 6.08 Å². The molecule has 0 aliphatic rings. The van der Waals surface area contributed by atoms with Gasteiger partial charge in [0.2, 0.25) is 0 Å². The average Bonchev–Trinajstić information content (AvgIpc) is 2.72. The first-order valence-corrected chi connectivity index (χ1v) is 12.4. The lowest BCUT2D eigenvalue weighted by Crippen LogP contribution is -2.30. The van der Waals surface area contributed by atoms with Crippen LogP contribution in [0, 0.1) is 0 Å². The Morgan fingerprint density at radius 2 is 1.36 bits per heavy atom. The fourth-order valence-corrected chi connectivity index (χ4v) is 4.06. The molecule has 0 atom stereocenters. The van der Waals surface area contributed by atoms with Crippen molar-refractivity contribution in [1.29, 1.82) is 0 Å². The van der Waals surface area contributed by atoms with Crippen molar-refractivity contribution in [2.45, 2.75) is 85.0 Å². The van der Waals surface area contributed by atoms with Crippen molar-refractivity contribution in [2.75, 3.05) is 18.8 Å². The molecule has 0 saturated heterocycles. The van der Waals surface area contributed by atoms with Gasteiger partial charge in [-0.2, -0.15) is 0 Å². The standard InChI is InChI=1S/C25H41NOS/c1-4-7-8-9-10-11-12-13-14-15-21-28-22-20-23-16-18-24(19-17-23)25(27)26(5-2)6-3/h16-20,22H,4-15,21H2,1-3H3/b22-20-. The summed E-state index contributed by atoms with van der Waals surface area (Å²) < 4.78 is 0. The SMILES string of the molecule is CCCCCCCCCCCCS/C=C\c1ccc(C(=O)N(CC)CC)cc1. The van der Waals surface area contributed by atoms with Crippen LogP contribution >= 0.6 is 11.8 Å². The van der Waals surface area contributed by atoms with Crippen molar-refractivity contribution in [1.82, 2.24) is 4.90 Å². The van der Waals surface area contributed by atoms with Gasteiger partial charge in [-0.25, -0.2) is 0 Å². The number of benzene rings is 1. The normalized spacial score (nSPS) is 11.2. The molecule has 0 spiro atoms. The van der Waals surface area contributed by atoms with Crippen LogP contribution in [0.4, 0.5) is 0 Å². The zero-order valence-corrected chi connectivity index (χ0v) is 19.2. The molecule has 0 aromatic heterocycles. The van der Waals surface area contributed by atoms with E-state index in [1.807, 2.05) is 54.8 Å². The highest BCUT2D eigenvalue weighted by molar-refractivity contribution is 8.02. The summed E-state index contributed by atoms with van der Waals surface area (Å²) in [6.45, 7) is 7.83. The monoisotopic (exact) mass is 403 g/mol. The Bertz CT molecular complexity index is 534. The van der Waals surface area contributed by atoms with Crippen LogP contribution in [0.5, 0.6) is 0 Å². The maximum atomic E-state index is 12.3. The predicted molar refractivity (Wildman–Crippen MR) is 127 cm³/mol. The first kappa shape index (κ1) is 24.8. The van der Waals surface area contributed by atoms with Gasteiger partial charge in [-0.3, -0.25) is 4.79 Å². The van der Waals surface area contributed by atoms with E-state index in [-0.39, 0.29) is 5.91 Å². The summed E-state index contributed by atoms with van der Waals surface area (Å²) in [7, 11) is 0. The first-order chi connectivity index (χ1) is 13.7. The number of amides is 1. The third-order valence-electron chi connectivity index (χ3n) is 5.18. The van der Waals surface area contributed by atoms with Gasteiger partial charge in [0, 0.05) is 18.7 Å². The van der Waals surface area contributed by atoms with Crippen molar-refractivity contribution in [3.8, 4) is 0 Å². The van der Waals surface area contributed by atoms with E-state index in [0.29, 0.717) is 0 Å². The third-order valence-corrected chi connectivity index (χ3v) is 6.03. The predicted octanol–water partition coefficient (Wildman–Crippen LogP) is 7.79. The van der Waals surface area contributed by atoms with Crippen molar-refractivity contribution >= 4 is 23.7 Å². The Labute approximate surface area is 178 Å². The minimum Gasteiger partial charge on any atom is -0.339 e. The Kier molecular flexibility index (Phi) is 14.8. The van der Waals surface area contributed by atoms with Gasteiger partial charge in [0.15, 0.2) is 0 Å². The molecule has 3 heteroatoms. The maximum absolute atomic E-state index is 12.3. The summed E-state index contributed by atoms with van der Waals surface area (Å²) in [5.41, 5.74) is 1.94. The van der Waals surface area contributed by atoms with E-state index in [4.69, 9.17) is 0 Å². The highest BCUT2D eigenvalue weighted by Crippen LogP contribution is 2.15. The summed E-state index contributed by atoms with van der Waals surface area (Å²) in [6.07, 6.45) is 16.1. The zero-order valence-electron chi connectivity index (χ0n) is 18.4. The Morgan fingerprint density at radius 3 is 1.89 bits per heavy atom. The number of unbranched alkanes of at least 4 members (excludes halogenated alkanes) is 9. The van der Waals surface area contributed by atoms with Crippen LogP contribution < -0.4 is 0 Å². The van der Waals surface area contributed by atoms with Crippen LogP contribution in [0.15, 0.2) is 29.7 Å². The van der Waals surface area contributed by atoms with Gasteiger partial charge in [-0.15, -0.1) is 11.8 Å². The minimum absolute atomic E-state index is 0.121. The second kappa shape index (κ2) is 16.7. The molecule has 0 bridgehead atoms. The van der Waals surface area contributed by atoms with Crippen LogP contribution in [-0.4, -0.2) is 29.6 Å². The van der Waals surface area contributed by atoms with Crippen molar-refractivity contribution < 1.29 is 4.79 Å². The first-order valence-electron chi connectivity index (χ1n) is 11.4. The second-order valence-corrected chi connectivity index (χ2v) is 8.47. The number of rotatable bonds is 16. The van der Waals surface area contributed by atoms with Gasteiger partial charge in [0.25, 0.3) is 5.91 Å². The fourth-order valence-electron chi connectivity index (χ4n) is 3.30. The molecule has 2 nitrogen and oxygen atoms in total. The Morgan fingerprint density at radius 1 is 0.821 bits per heavy atom. The molecule has 0 unspecified atom stereocenters. The zero-order chi connectivity index (χ0) is 20.5. The molecule has 1 amide bonds. The Hall–Kier alpha value is -1.22. The van der Waals surface area contributed by atoms with Crippen LogP contribution in [0.3, 0.4) is 0 Å². The van der Waals surface area contributed by atoms with Gasteiger partial charge in [-0.1, -0.05) is 76.8 Å². The average molecular weight is 404 g/mol. The highest BCUT2D eigenvalue weighted by atomic mass is 32.2. The van der Waals surface area contributed by atoms with Gasteiger partial charge < -0.3 is 4.90 Å². The molecule has 0 aliphatic carbocycles. The smallest absolute Gasteiger partial charge is 0.253 e. The molecule has 1 rings (SSSR count). The number of carbonyl (C=O) groups excluding carboxylic acids is 1. The molecule has 1 aromatic carbocycles. The van der Waals surface area contributed by atoms with E-state index in [9.17, 15) is 4.79 Å². The third kappa shape index (κ3) is 10.9. The largest absolute Gasteiger partial charge is 0.339 e. The van der Waals surface area contributed by atoms with Crippen LogP contribution in [0.1, 0.15) is 101 Å². The lowest BCUT2D eigenvalue weighted by Gasteiger charge is -2.18. The molecule has 0 radical (unpaired) electrons. The van der Waals surface area contributed by atoms with E-state index in [2.05, 4.69) is 18.4 Å². The molecular weight excluding hydrogens is 362 g/mol. The van der Waals surface area contributed by atoms with Crippen LogP contribution in [-0.2, 0) is 0 Å². The highest BCUT2D eigenvalue weighted by Gasteiger charge is 2.11. The number of hydrogen-bond acceptors (Lipinski definition) is 2. The van der Waals surface area contributed by atoms with Gasteiger partial charge in [-0.05, 0) is 55.2 Å². The maximum Gasteiger partial charge on any atom is 0.253 e. The molecule has 0 fully saturated rings. The number of thioether (sulfide) groups is 1. The molecule has 0 aliphatic heterocycles. The van der Waals surface area contributed by atoms with Crippen molar-refractivity contribution in [2.24, 2.45) is 0 Å². The minimum atomic E-state index is 0.121. The lowest BCUT2D eigenvalue weighted by atomic mass is 10.1. The fraction of sp³-hybridized carbons (Fsp3) is 0.640. The molecule has 0 heterocycles. The summed E-state index contributed by atoms with van der Waals surface area (Å²) in [4.78, 5) is 14.2. The van der Waals surface area contributed by atoms with E-state index in [1.165, 1.54) is 70.0 Å². The molecule has 0 N–H and O–H groups in total. The van der Waals surface area contributed by atoms with Crippen molar-refractivity contribution in [3.05, 3.63) is 40.8 Å². The lowest BCUT2D eigenvalue weighted by molar-refractivity contribution is 0.0773. The van der Waals surface area contributed by atoms with E-state index in [0.717, 1.165) is 24.2 Å². The van der Waals surface area contributed by atoms with Gasteiger partial charge in [0.1, 0.15) is 0 Å². The summed E-state index contributed by atoms with van der Waals surface area (Å²) in [5, 5.41) is 2.19. The summed E-state index contributed by atoms with van der Waals surface area (Å²) in [6, 6.07) is 7.95. The Balaban J connectivity index is 2.10. The number of nitrogens with zero attached hydrogens (tertiary/aromatic N) is 1. The summed E-state index contributed by atoms with van der Waals surface area (Å²) >= 11 is 1.89. The van der Waals surface area contributed by atoms with E-state index in [1.54, 1.807) is 0 Å². The van der Waals surface area contributed by atoms with Gasteiger partial charge >= 0.3 is 0 Å². The molecule has 0 saturated carbocycles. The summed E-state index contributed by atoms with van der Waals surface area (Å²) in [5.74, 6) is 1.32. The van der Waals surface area contributed by atoms with E-state index >= 15 is 0 Å². The number of hydrogen-bond donors (Lipinski definition) is 0. The molecule has 28 heavy (non-hydrogen) atoms. The molecule has 1 aromatic rings. The van der Waals surface area contributed by atoms with Gasteiger partial charge in [0.05, 0.1) is 0 Å².